The van der Waals surface area contributed by atoms with Gasteiger partial charge in [-0.2, -0.15) is 9.78 Å². The SMILES string of the molecule is CCCCN(CC)C(=O)COC(=O)c1nn(-c2ccccc2)c(=O)c2ccccc12. The number of ether oxygens (including phenoxy) is 1. The van der Waals surface area contributed by atoms with Gasteiger partial charge in [-0.1, -0.05) is 49.7 Å². The first-order valence-electron chi connectivity index (χ1n) is 10.1. The van der Waals surface area contributed by atoms with Crippen molar-refractivity contribution in [3.8, 4) is 5.69 Å². The lowest BCUT2D eigenvalue weighted by Crippen LogP contribution is -2.35. The summed E-state index contributed by atoms with van der Waals surface area (Å²) < 4.78 is 6.46. The Bertz CT molecular complexity index is 1090. The zero-order valence-electron chi connectivity index (χ0n) is 17.2. The van der Waals surface area contributed by atoms with Gasteiger partial charge in [0, 0.05) is 18.5 Å². The van der Waals surface area contributed by atoms with Crippen LogP contribution in [0.25, 0.3) is 16.5 Å². The maximum atomic E-state index is 12.9. The van der Waals surface area contributed by atoms with Crippen LogP contribution in [0, 0.1) is 0 Å². The van der Waals surface area contributed by atoms with E-state index in [0.717, 1.165) is 12.8 Å². The van der Waals surface area contributed by atoms with Gasteiger partial charge in [-0.05, 0) is 31.5 Å². The van der Waals surface area contributed by atoms with Gasteiger partial charge in [0.05, 0.1) is 11.1 Å². The molecule has 7 nitrogen and oxygen atoms in total. The average molecular weight is 407 g/mol. The average Bonchev–Trinajstić information content (AvgIpc) is 2.79. The third-order valence-electron chi connectivity index (χ3n) is 4.84. The fourth-order valence-electron chi connectivity index (χ4n) is 3.18. The molecule has 0 spiro atoms. The van der Waals surface area contributed by atoms with E-state index in [2.05, 4.69) is 12.0 Å². The Labute approximate surface area is 174 Å². The molecule has 0 aliphatic rings. The lowest BCUT2D eigenvalue weighted by atomic mass is 10.1. The Balaban J connectivity index is 1.91. The summed E-state index contributed by atoms with van der Waals surface area (Å²) in [6.45, 7) is 4.76. The van der Waals surface area contributed by atoms with Crippen molar-refractivity contribution in [1.29, 1.82) is 0 Å². The third-order valence-corrected chi connectivity index (χ3v) is 4.84. The number of carbonyl (C=O) groups excluding carboxylic acids is 2. The number of aromatic nitrogens is 2. The second-order valence-corrected chi connectivity index (χ2v) is 6.85. The van der Waals surface area contributed by atoms with E-state index in [1.807, 2.05) is 13.0 Å². The van der Waals surface area contributed by atoms with Crippen molar-refractivity contribution >= 4 is 22.6 Å². The van der Waals surface area contributed by atoms with Crippen molar-refractivity contribution in [2.75, 3.05) is 19.7 Å². The van der Waals surface area contributed by atoms with Gasteiger partial charge in [-0.25, -0.2) is 4.79 Å². The number of hydrogen-bond donors (Lipinski definition) is 0. The van der Waals surface area contributed by atoms with Crippen molar-refractivity contribution in [3.05, 3.63) is 70.6 Å². The fraction of sp³-hybridized carbons (Fsp3) is 0.304. The van der Waals surface area contributed by atoms with E-state index >= 15 is 0 Å². The molecule has 2 aromatic carbocycles. The molecule has 0 saturated heterocycles. The minimum absolute atomic E-state index is 0.00143. The van der Waals surface area contributed by atoms with Crippen LogP contribution in [0.5, 0.6) is 0 Å². The van der Waals surface area contributed by atoms with Crippen molar-refractivity contribution in [2.45, 2.75) is 26.7 Å². The van der Waals surface area contributed by atoms with Crippen LogP contribution in [-0.2, 0) is 9.53 Å². The van der Waals surface area contributed by atoms with E-state index in [1.54, 1.807) is 53.4 Å². The normalized spacial score (nSPS) is 10.7. The standard InChI is InChI=1S/C23H25N3O4/c1-3-5-15-25(4-2)20(27)16-30-23(29)21-18-13-9-10-14-19(18)22(28)26(24-21)17-11-7-6-8-12-17/h6-14H,3-5,15-16H2,1-2H3. The van der Waals surface area contributed by atoms with Crippen LogP contribution in [0.3, 0.4) is 0 Å². The number of carbonyl (C=O) groups is 2. The molecule has 30 heavy (non-hydrogen) atoms. The van der Waals surface area contributed by atoms with Gasteiger partial charge in [0.25, 0.3) is 11.5 Å². The Morgan fingerprint density at radius 3 is 2.33 bits per heavy atom. The molecule has 3 aromatic rings. The maximum Gasteiger partial charge on any atom is 0.359 e. The molecule has 0 N–H and O–H groups in total. The van der Waals surface area contributed by atoms with Gasteiger partial charge in [-0.3, -0.25) is 9.59 Å². The number of benzene rings is 2. The van der Waals surface area contributed by atoms with Crippen LogP contribution < -0.4 is 5.56 Å². The highest BCUT2D eigenvalue weighted by Gasteiger charge is 2.21. The van der Waals surface area contributed by atoms with E-state index < -0.39 is 5.97 Å². The molecule has 0 saturated carbocycles. The van der Waals surface area contributed by atoms with Gasteiger partial charge < -0.3 is 9.64 Å². The summed E-state index contributed by atoms with van der Waals surface area (Å²) in [5, 5.41) is 5.02. The Morgan fingerprint density at radius 2 is 1.67 bits per heavy atom. The van der Waals surface area contributed by atoms with E-state index in [-0.39, 0.29) is 23.8 Å². The van der Waals surface area contributed by atoms with Gasteiger partial charge in [0.2, 0.25) is 0 Å². The summed E-state index contributed by atoms with van der Waals surface area (Å²) in [4.78, 5) is 39.8. The number of unbranched alkanes of at least 4 members (excludes halogenated alkanes) is 1. The number of hydrogen-bond acceptors (Lipinski definition) is 5. The number of amides is 1. The number of fused-ring (bicyclic) bond motifs is 1. The van der Waals surface area contributed by atoms with Gasteiger partial charge in [-0.15, -0.1) is 0 Å². The minimum Gasteiger partial charge on any atom is -0.451 e. The molecule has 3 rings (SSSR count). The molecule has 0 bridgehead atoms. The summed E-state index contributed by atoms with van der Waals surface area (Å²) in [6.07, 6.45) is 1.86. The Kier molecular flexibility index (Phi) is 6.95. The zero-order valence-corrected chi connectivity index (χ0v) is 17.2. The molecule has 0 fully saturated rings. The number of nitrogens with zero attached hydrogens (tertiary/aromatic N) is 3. The van der Waals surface area contributed by atoms with Crippen molar-refractivity contribution in [3.63, 3.8) is 0 Å². The Morgan fingerprint density at radius 1 is 1.00 bits per heavy atom. The highest BCUT2D eigenvalue weighted by Crippen LogP contribution is 2.16. The molecule has 0 radical (unpaired) electrons. The summed E-state index contributed by atoms with van der Waals surface area (Å²) in [5.41, 5.74) is 0.203. The Hall–Kier alpha value is -3.48. The minimum atomic E-state index is -0.740. The second-order valence-electron chi connectivity index (χ2n) is 6.85. The smallest absolute Gasteiger partial charge is 0.359 e. The molecule has 1 heterocycles. The second kappa shape index (κ2) is 9.82. The van der Waals surface area contributed by atoms with Crippen molar-refractivity contribution in [1.82, 2.24) is 14.7 Å². The molecular weight excluding hydrogens is 382 g/mol. The maximum absolute atomic E-state index is 12.9. The fourth-order valence-corrected chi connectivity index (χ4v) is 3.18. The predicted octanol–water partition coefficient (Wildman–Crippen LogP) is 3.19. The molecule has 1 aromatic heterocycles. The molecule has 0 unspecified atom stereocenters. The van der Waals surface area contributed by atoms with E-state index in [1.165, 1.54) is 4.68 Å². The van der Waals surface area contributed by atoms with Crippen LogP contribution in [0.15, 0.2) is 59.4 Å². The first-order chi connectivity index (χ1) is 14.6. The summed E-state index contributed by atoms with van der Waals surface area (Å²) >= 11 is 0. The number of rotatable bonds is 8. The van der Waals surface area contributed by atoms with Crippen LogP contribution in [0.1, 0.15) is 37.2 Å². The zero-order chi connectivity index (χ0) is 21.5. The molecule has 156 valence electrons. The lowest BCUT2D eigenvalue weighted by Gasteiger charge is -2.20. The predicted molar refractivity (Wildman–Crippen MR) is 115 cm³/mol. The van der Waals surface area contributed by atoms with Crippen LogP contribution in [0.4, 0.5) is 0 Å². The molecule has 7 heteroatoms. The topological polar surface area (TPSA) is 81.5 Å². The number of para-hydroxylation sites is 1. The summed E-state index contributed by atoms with van der Waals surface area (Å²) in [7, 11) is 0. The third kappa shape index (κ3) is 4.56. The first kappa shape index (κ1) is 21.2. The van der Waals surface area contributed by atoms with Crippen LogP contribution in [0.2, 0.25) is 0 Å². The monoisotopic (exact) mass is 407 g/mol. The van der Waals surface area contributed by atoms with Crippen molar-refractivity contribution < 1.29 is 14.3 Å². The highest BCUT2D eigenvalue weighted by molar-refractivity contribution is 6.02. The molecule has 1 amide bonds. The van der Waals surface area contributed by atoms with E-state index in [9.17, 15) is 14.4 Å². The van der Waals surface area contributed by atoms with E-state index in [4.69, 9.17) is 4.74 Å². The lowest BCUT2D eigenvalue weighted by molar-refractivity contribution is -0.134. The van der Waals surface area contributed by atoms with Gasteiger partial charge in [0.15, 0.2) is 12.3 Å². The van der Waals surface area contributed by atoms with Gasteiger partial charge in [0.1, 0.15) is 0 Å². The molecular formula is C23H25N3O4. The van der Waals surface area contributed by atoms with E-state index in [0.29, 0.717) is 29.5 Å². The molecule has 0 aliphatic carbocycles. The highest BCUT2D eigenvalue weighted by atomic mass is 16.5. The molecule has 0 aliphatic heterocycles. The largest absolute Gasteiger partial charge is 0.451 e. The summed E-state index contributed by atoms with van der Waals surface area (Å²) in [6, 6.07) is 15.6. The quantitative estimate of drug-likeness (QED) is 0.536. The van der Waals surface area contributed by atoms with Crippen molar-refractivity contribution in [2.24, 2.45) is 0 Å². The van der Waals surface area contributed by atoms with Gasteiger partial charge >= 0.3 is 5.97 Å². The number of likely N-dealkylation sites (N-methyl/N-ethyl adjacent to an activating group) is 1. The van der Waals surface area contributed by atoms with Crippen LogP contribution >= 0.6 is 0 Å². The summed E-state index contributed by atoms with van der Waals surface area (Å²) in [5.74, 6) is -0.990. The van der Waals surface area contributed by atoms with Crippen LogP contribution in [-0.4, -0.2) is 46.3 Å². The molecule has 0 atom stereocenters. The first-order valence-corrected chi connectivity index (χ1v) is 10.1. The number of esters is 1.